The second-order valence-electron chi connectivity index (χ2n) is 4.75. The van der Waals surface area contributed by atoms with Crippen LogP contribution < -0.4 is 0 Å². The molecule has 0 N–H and O–H groups in total. The SMILES string of the molecule is C#CCCOCC12OCC(CC=C)(CO1)C(C#N)O2. The van der Waals surface area contributed by atoms with Crippen LogP contribution in [0.15, 0.2) is 12.7 Å². The summed E-state index contributed by atoms with van der Waals surface area (Å²) < 4.78 is 22.2. The van der Waals surface area contributed by atoms with Crippen molar-refractivity contribution in [2.75, 3.05) is 26.4 Å². The lowest BCUT2D eigenvalue weighted by Gasteiger charge is -2.53. The van der Waals surface area contributed by atoms with Crippen LogP contribution in [0.3, 0.4) is 0 Å². The Labute approximate surface area is 113 Å². The fraction of sp³-hybridized carbons (Fsp3) is 0.643. The molecule has 5 nitrogen and oxygen atoms in total. The summed E-state index contributed by atoms with van der Waals surface area (Å²) in [5, 5.41) is 9.24. The molecule has 3 aliphatic rings. The molecule has 19 heavy (non-hydrogen) atoms. The number of ether oxygens (including phenoxy) is 4. The molecule has 3 heterocycles. The number of rotatable bonds is 6. The molecule has 0 saturated carbocycles. The first-order chi connectivity index (χ1) is 9.20. The molecule has 1 atom stereocenters. The summed E-state index contributed by atoms with van der Waals surface area (Å²) in [5.41, 5.74) is -0.461. The van der Waals surface area contributed by atoms with E-state index in [4.69, 9.17) is 25.4 Å². The lowest BCUT2D eigenvalue weighted by Crippen LogP contribution is -2.65. The number of fused-ring (bicyclic) bond motifs is 3. The van der Waals surface area contributed by atoms with Gasteiger partial charge in [-0.2, -0.15) is 5.26 Å². The Bertz CT molecular complexity index is 412. The molecule has 0 radical (unpaired) electrons. The lowest BCUT2D eigenvalue weighted by molar-refractivity contribution is -0.488. The summed E-state index contributed by atoms with van der Waals surface area (Å²) in [7, 11) is 0. The van der Waals surface area contributed by atoms with E-state index >= 15 is 0 Å². The van der Waals surface area contributed by atoms with Crippen LogP contribution in [0.25, 0.3) is 0 Å². The highest BCUT2D eigenvalue weighted by Crippen LogP contribution is 2.45. The van der Waals surface area contributed by atoms with Crippen LogP contribution in [0, 0.1) is 29.1 Å². The van der Waals surface area contributed by atoms with E-state index in [1.54, 1.807) is 6.08 Å². The fourth-order valence-corrected chi connectivity index (χ4v) is 2.24. The normalized spacial score (nSPS) is 36.4. The van der Waals surface area contributed by atoms with E-state index in [2.05, 4.69) is 18.6 Å². The van der Waals surface area contributed by atoms with Crippen molar-refractivity contribution in [1.29, 1.82) is 5.26 Å². The number of nitrogens with zero attached hydrogens (tertiary/aromatic N) is 1. The zero-order valence-corrected chi connectivity index (χ0v) is 10.8. The van der Waals surface area contributed by atoms with E-state index < -0.39 is 17.5 Å². The zero-order chi connectivity index (χ0) is 13.8. The van der Waals surface area contributed by atoms with Crippen LogP contribution in [0.5, 0.6) is 0 Å². The molecular formula is C14H17NO4. The van der Waals surface area contributed by atoms with E-state index in [9.17, 15) is 5.26 Å². The molecule has 3 aliphatic heterocycles. The molecule has 3 fully saturated rings. The van der Waals surface area contributed by atoms with Crippen molar-refractivity contribution >= 4 is 0 Å². The Kier molecular flexibility index (Phi) is 4.24. The van der Waals surface area contributed by atoms with Crippen molar-refractivity contribution in [1.82, 2.24) is 0 Å². The molecule has 3 saturated heterocycles. The molecule has 2 bridgehead atoms. The number of terminal acetylenes is 1. The Hall–Kier alpha value is -1.37. The molecule has 5 heteroatoms. The van der Waals surface area contributed by atoms with Gasteiger partial charge in [-0.15, -0.1) is 18.9 Å². The first kappa shape index (κ1) is 14.0. The van der Waals surface area contributed by atoms with E-state index in [1.807, 2.05) is 0 Å². The first-order valence-electron chi connectivity index (χ1n) is 6.18. The predicted molar refractivity (Wildman–Crippen MR) is 66.6 cm³/mol. The smallest absolute Gasteiger partial charge is 0.309 e. The summed E-state index contributed by atoms with van der Waals surface area (Å²) in [6.45, 7) is 5.01. The van der Waals surface area contributed by atoms with Gasteiger partial charge in [-0.1, -0.05) is 6.08 Å². The van der Waals surface area contributed by atoms with E-state index in [0.29, 0.717) is 32.7 Å². The maximum Gasteiger partial charge on any atom is 0.309 e. The molecule has 0 aromatic carbocycles. The maximum atomic E-state index is 9.24. The Balaban J connectivity index is 1.99. The lowest BCUT2D eigenvalue weighted by atomic mass is 9.79. The maximum absolute atomic E-state index is 9.24. The second kappa shape index (κ2) is 5.73. The van der Waals surface area contributed by atoms with Gasteiger partial charge in [0.25, 0.3) is 0 Å². The molecule has 0 amide bonds. The van der Waals surface area contributed by atoms with Gasteiger partial charge < -0.3 is 18.9 Å². The fourth-order valence-electron chi connectivity index (χ4n) is 2.24. The third kappa shape index (κ3) is 2.65. The van der Waals surface area contributed by atoms with Crippen molar-refractivity contribution < 1.29 is 18.9 Å². The van der Waals surface area contributed by atoms with Crippen molar-refractivity contribution in [2.45, 2.75) is 24.9 Å². The summed E-state index contributed by atoms with van der Waals surface area (Å²) in [5.74, 6) is 1.21. The minimum Gasteiger partial charge on any atom is -0.372 e. The van der Waals surface area contributed by atoms with Crippen LogP contribution in [-0.2, 0) is 18.9 Å². The van der Waals surface area contributed by atoms with Crippen LogP contribution in [0.1, 0.15) is 12.8 Å². The van der Waals surface area contributed by atoms with Crippen LogP contribution in [0.4, 0.5) is 0 Å². The Morgan fingerprint density at radius 3 is 2.79 bits per heavy atom. The van der Waals surface area contributed by atoms with Gasteiger partial charge in [-0.25, -0.2) is 0 Å². The minimum atomic E-state index is -1.27. The number of nitriles is 1. The summed E-state index contributed by atoms with van der Waals surface area (Å²) in [6.07, 6.45) is 7.43. The van der Waals surface area contributed by atoms with Crippen LogP contribution >= 0.6 is 0 Å². The molecule has 1 unspecified atom stereocenters. The van der Waals surface area contributed by atoms with Gasteiger partial charge in [-0.3, -0.25) is 0 Å². The van der Waals surface area contributed by atoms with Crippen molar-refractivity contribution in [2.24, 2.45) is 5.41 Å². The monoisotopic (exact) mass is 263 g/mol. The standard InChI is InChI=1S/C14H17NO4/c1-3-5-7-16-11-14-17-9-13(6-4-2,10-18-14)12(8-15)19-14/h1,4,12H,2,5-7,9-11H2. The van der Waals surface area contributed by atoms with Crippen molar-refractivity contribution in [3.63, 3.8) is 0 Å². The Morgan fingerprint density at radius 1 is 1.47 bits per heavy atom. The van der Waals surface area contributed by atoms with Gasteiger partial charge in [0.05, 0.1) is 31.3 Å². The van der Waals surface area contributed by atoms with Gasteiger partial charge >= 0.3 is 5.97 Å². The average molecular weight is 263 g/mol. The summed E-state index contributed by atoms with van der Waals surface area (Å²) in [6, 6.07) is 2.17. The molecule has 0 aliphatic carbocycles. The van der Waals surface area contributed by atoms with Gasteiger partial charge in [0.1, 0.15) is 6.61 Å². The highest BCUT2D eigenvalue weighted by atomic mass is 16.9. The molecule has 0 aromatic rings. The Morgan fingerprint density at radius 2 is 2.21 bits per heavy atom. The molecular weight excluding hydrogens is 246 g/mol. The van der Waals surface area contributed by atoms with Crippen LogP contribution in [-0.4, -0.2) is 38.5 Å². The highest BCUT2D eigenvalue weighted by molar-refractivity contribution is 5.07. The van der Waals surface area contributed by atoms with Crippen molar-refractivity contribution in [3.05, 3.63) is 12.7 Å². The predicted octanol–water partition coefficient (Wildman–Crippen LogP) is 1.21. The topological polar surface area (TPSA) is 60.7 Å². The second-order valence-corrected chi connectivity index (χ2v) is 4.75. The quantitative estimate of drug-likeness (QED) is 0.409. The van der Waals surface area contributed by atoms with E-state index in [0.717, 1.165) is 0 Å². The van der Waals surface area contributed by atoms with Crippen LogP contribution in [0.2, 0.25) is 0 Å². The molecule has 3 rings (SSSR count). The third-order valence-electron chi connectivity index (χ3n) is 3.35. The highest BCUT2D eigenvalue weighted by Gasteiger charge is 2.58. The average Bonchev–Trinajstić information content (AvgIpc) is 2.45. The molecule has 0 aromatic heterocycles. The summed E-state index contributed by atoms with van der Waals surface area (Å²) >= 11 is 0. The van der Waals surface area contributed by atoms with Gasteiger partial charge in [0, 0.05) is 6.42 Å². The molecule has 0 spiro atoms. The summed E-state index contributed by atoms with van der Waals surface area (Å²) in [4.78, 5) is 0. The number of allylic oxidation sites excluding steroid dienone is 1. The minimum absolute atomic E-state index is 0.108. The largest absolute Gasteiger partial charge is 0.372 e. The first-order valence-corrected chi connectivity index (χ1v) is 6.18. The van der Waals surface area contributed by atoms with Crippen molar-refractivity contribution in [3.8, 4) is 18.4 Å². The molecule has 102 valence electrons. The zero-order valence-electron chi connectivity index (χ0n) is 10.8. The van der Waals surface area contributed by atoms with Gasteiger partial charge in [-0.05, 0) is 6.42 Å². The number of hydrogen-bond acceptors (Lipinski definition) is 5. The number of hydrogen-bond donors (Lipinski definition) is 0. The van der Waals surface area contributed by atoms with Gasteiger partial charge in [0.2, 0.25) is 0 Å². The van der Waals surface area contributed by atoms with E-state index in [-0.39, 0.29) is 6.61 Å². The third-order valence-corrected chi connectivity index (χ3v) is 3.35. The van der Waals surface area contributed by atoms with Gasteiger partial charge in [0.15, 0.2) is 6.10 Å². The van der Waals surface area contributed by atoms with E-state index in [1.165, 1.54) is 0 Å².